The van der Waals surface area contributed by atoms with E-state index in [1.165, 1.54) is 19.2 Å². The monoisotopic (exact) mass is 286 g/mol. The molecular formula is C15H14N2O4. The van der Waals surface area contributed by atoms with Crippen LogP contribution in [0.2, 0.25) is 0 Å². The first kappa shape index (κ1) is 14.5. The number of nitrogens with one attached hydrogen (secondary N) is 1. The number of rotatable bonds is 5. The first-order valence-electron chi connectivity index (χ1n) is 6.21. The molecule has 1 heterocycles. The Kier molecular flexibility index (Phi) is 4.50. The molecule has 108 valence electrons. The first-order valence-corrected chi connectivity index (χ1v) is 6.21. The zero-order valence-electron chi connectivity index (χ0n) is 11.4. The van der Waals surface area contributed by atoms with Crippen LogP contribution in [0.5, 0.6) is 5.88 Å². The number of nitrogens with zero attached hydrogens (tertiary/aromatic N) is 1. The molecule has 1 amide bonds. The lowest BCUT2D eigenvalue weighted by atomic mass is 10.1. The molecule has 0 fully saturated rings. The molecule has 21 heavy (non-hydrogen) atoms. The van der Waals surface area contributed by atoms with Gasteiger partial charge in [-0.25, -0.2) is 9.78 Å². The van der Waals surface area contributed by atoms with Crippen LogP contribution in [0.15, 0.2) is 42.6 Å². The minimum atomic E-state index is -0.981. The predicted molar refractivity (Wildman–Crippen MR) is 75.4 cm³/mol. The lowest BCUT2D eigenvalue weighted by Gasteiger charge is -2.08. The molecule has 2 rings (SSSR count). The number of carbonyl (C=O) groups is 2. The van der Waals surface area contributed by atoms with Crippen molar-refractivity contribution in [1.29, 1.82) is 0 Å². The van der Waals surface area contributed by atoms with Gasteiger partial charge in [0.15, 0.2) is 0 Å². The van der Waals surface area contributed by atoms with Gasteiger partial charge >= 0.3 is 5.97 Å². The van der Waals surface area contributed by atoms with Gasteiger partial charge in [0.1, 0.15) is 5.56 Å². The number of amides is 1. The normalized spacial score (nSPS) is 9.95. The summed E-state index contributed by atoms with van der Waals surface area (Å²) in [5.74, 6) is -1.02. The molecule has 2 N–H and O–H groups in total. The molecule has 6 heteroatoms. The van der Waals surface area contributed by atoms with E-state index in [0.29, 0.717) is 5.56 Å². The third-order valence-corrected chi connectivity index (χ3v) is 2.86. The topological polar surface area (TPSA) is 88.5 Å². The Morgan fingerprint density at radius 2 is 1.95 bits per heavy atom. The second-order valence-corrected chi connectivity index (χ2v) is 4.24. The van der Waals surface area contributed by atoms with Crippen molar-refractivity contribution in [2.75, 3.05) is 7.11 Å². The molecule has 0 radical (unpaired) electrons. The van der Waals surface area contributed by atoms with Gasteiger partial charge in [0.25, 0.3) is 5.91 Å². The van der Waals surface area contributed by atoms with Crippen LogP contribution in [0.25, 0.3) is 0 Å². The molecule has 2 aromatic rings. The Hall–Kier alpha value is -2.89. The van der Waals surface area contributed by atoms with Crippen LogP contribution in [0, 0.1) is 0 Å². The summed E-state index contributed by atoms with van der Waals surface area (Å²) in [6.07, 6.45) is 1.54. The highest BCUT2D eigenvalue weighted by atomic mass is 16.5. The number of carbonyl (C=O) groups excluding carboxylic acids is 1. The summed E-state index contributed by atoms with van der Waals surface area (Å²) < 4.78 is 5.02. The molecular weight excluding hydrogens is 272 g/mol. The maximum Gasteiger partial charge on any atom is 0.335 e. The fourth-order valence-electron chi connectivity index (χ4n) is 1.77. The number of aromatic nitrogens is 1. The summed E-state index contributed by atoms with van der Waals surface area (Å²) >= 11 is 0. The van der Waals surface area contributed by atoms with Crippen molar-refractivity contribution < 1.29 is 19.4 Å². The van der Waals surface area contributed by atoms with Crippen LogP contribution < -0.4 is 10.1 Å². The van der Waals surface area contributed by atoms with Crippen LogP contribution in [0.4, 0.5) is 0 Å². The molecule has 0 saturated heterocycles. The van der Waals surface area contributed by atoms with Crippen molar-refractivity contribution in [3.8, 4) is 5.88 Å². The lowest BCUT2D eigenvalue weighted by Crippen LogP contribution is -2.23. The number of methoxy groups -OCH3 is 1. The Bertz CT molecular complexity index is 653. The van der Waals surface area contributed by atoms with E-state index in [2.05, 4.69) is 10.3 Å². The minimum Gasteiger partial charge on any atom is -0.480 e. The van der Waals surface area contributed by atoms with E-state index in [1.807, 2.05) is 0 Å². The summed E-state index contributed by atoms with van der Waals surface area (Å²) in [4.78, 5) is 26.7. The fraction of sp³-hybridized carbons (Fsp3) is 0.133. The molecule has 0 unspecified atom stereocenters. The van der Waals surface area contributed by atoms with Crippen molar-refractivity contribution in [2.24, 2.45) is 0 Å². The van der Waals surface area contributed by atoms with E-state index in [9.17, 15) is 9.59 Å². The van der Waals surface area contributed by atoms with Crippen LogP contribution in [-0.4, -0.2) is 29.1 Å². The highest BCUT2D eigenvalue weighted by Crippen LogP contribution is 2.13. The first-order chi connectivity index (χ1) is 10.1. The number of benzene rings is 1. The van der Waals surface area contributed by atoms with Gasteiger partial charge in [-0.15, -0.1) is 0 Å². The number of ether oxygens (including phenoxy) is 1. The van der Waals surface area contributed by atoms with Gasteiger partial charge in [-0.05, 0) is 29.8 Å². The SMILES string of the molecule is COc1ncccc1C(=O)NCc1ccc(C(=O)O)cc1. The molecule has 0 bridgehead atoms. The van der Waals surface area contributed by atoms with E-state index in [0.717, 1.165) is 5.56 Å². The predicted octanol–water partition coefficient (Wildman–Crippen LogP) is 1.72. The Morgan fingerprint density at radius 3 is 2.57 bits per heavy atom. The van der Waals surface area contributed by atoms with Crippen molar-refractivity contribution in [3.05, 3.63) is 59.3 Å². The third kappa shape index (κ3) is 3.56. The Balaban J connectivity index is 2.02. The molecule has 1 aromatic carbocycles. The fourth-order valence-corrected chi connectivity index (χ4v) is 1.77. The van der Waals surface area contributed by atoms with Crippen molar-refractivity contribution in [3.63, 3.8) is 0 Å². The van der Waals surface area contributed by atoms with Gasteiger partial charge in [-0.2, -0.15) is 0 Å². The van der Waals surface area contributed by atoms with Gasteiger partial charge in [0.05, 0.1) is 12.7 Å². The van der Waals surface area contributed by atoms with Crippen LogP contribution in [-0.2, 0) is 6.54 Å². The third-order valence-electron chi connectivity index (χ3n) is 2.86. The summed E-state index contributed by atoms with van der Waals surface area (Å²) in [5, 5.41) is 11.5. The molecule has 6 nitrogen and oxygen atoms in total. The average molecular weight is 286 g/mol. The maximum atomic E-state index is 12.0. The quantitative estimate of drug-likeness (QED) is 0.873. The van der Waals surface area contributed by atoms with E-state index < -0.39 is 5.97 Å². The maximum absolute atomic E-state index is 12.0. The highest BCUT2D eigenvalue weighted by molar-refractivity contribution is 5.96. The molecule has 0 saturated carbocycles. The minimum absolute atomic E-state index is 0.207. The number of aromatic carboxylic acids is 1. The zero-order valence-corrected chi connectivity index (χ0v) is 11.4. The molecule has 1 aromatic heterocycles. The number of hydrogen-bond donors (Lipinski definition) is 2. The Labute approximate surface area is 121 Å². The molecule has 0 spiro atoms. The zero-order chi connectivity index (χ0) is 15.2. The molecule has 0 atom stereocenters. The highest BCUT2D eigenvalue weighted by Gasteiger charge is 2.12. The standard InChI is InChI=1S/C15H14N2O4/c1-21-14-12(3-2-8-16-14)13(18)17-9-10-4-6-11(7-5-10)15(19)20/h2-8H,9H2,1H3,(H,17,18)(H,19,20). The van der Waals surface area contributed by atoms with E-state index in [-0.39, 0.29) is 23.9 Å². The van der Waals surface area contributed by atoms with E-state index in [1.54, 1.807) is 30.5 Å². The smallest absolute Gasteiger partial charge is 0.335 e. The van der Waals surface area contributed by atoms with Crippen molar-refractivity contribution in [1.82, 2.24) is 10.3 Å². The average Bonchev–Trinajstić information content (AvgIpc) is 2.52. The number of carboxylic acid groups (broad SMARTS) is 1. The van der Waals surface area contributed by atoms with Gasteiger partial charge in [0, 0.05) is 12.7 Å². The number of pyridine rings is 1. The largest absolute Gasteiger partial charge is 0.480 e. The molecule has 0 aliphatic rings. The van der Waals surface area contributed by atoms with Crippen LogP contribution in [0.1, 0.15) is 26.3 Å². The molecule has 0 aliphatic carbocycles. The summed E-state index contributed by atoms with van der Waals surface area (Å²) in [6.45, 7) is 0.288. The van der Waals surface area contributed by atoms with Gasteiger partial charge in [0.2, 0.25) is 5.88 Å². The number of hydrogen-bond acceptors (Lipinski definition) is 4. The summed E-state index contributed by atoms with van der Waals surface area (Å²) in [6, 6.07) is 9.57. The van der Waals surface area contributed by atoms with Crippen LogP contribution in [0.3, 0.4) is 0 Å². The number of carboxylic acids is 1. The second kappa shape index (κ2) is 6.51. The Morgan fingerprint density at radius 1 is 1.24 bits per heavy atom. The van der Waals surface area contributed by atoms with Gasteiger partial charge in [-0.1, -0.05) is 12.1 Å². The van der Waals surface area contributed by atoms with E-state index >= 15 is 0 Å². The van der Waals surface area contributed by atoms with Gasteiger partial charge in [-0.3, -0.25) is 4.79 Å². The lowest BCUT2D eigenvalue weighted by molar-refractivity contribution is 0.0696. The summed E-state index contributed by atoms with van der Waals surface area (Å²) in [7, 11) is 1.45. The van der Waals surface area contributed by atoms with Crippen LogP contribution >= 0.6 is 0 Å². The molecule has 0 aliphatic heterocycles. The summed E-state index contributed by atoms with van der Waals surface area (Å²) in [5.41, 5.74) is 1.36. The second-order valence-electron chi connectivity index (χ2n) is 4.24. The van der Waals surface area contributed by atoms with Gasteiger partial charge < -0.3 is 15.2 Å². The van der Waals surface area contributed by atoms with Crippen molar-refractivity contribution in [2.45, 2.75) is 6.54 Å². The van der Waals surface area contributed by atoms with E-state index in [4.69, 9.17) is 9.84 Å². The van der Waals surface area contributed by atoms with Crippen molar-refractivity contribution >= 4 is 11.9 Å².